The summed E-state index contributed by atoms with van der Waals surface area (Å²) in [5, 5.41) is 15.0. The van der Waals surface area contributed by atoms with E-state index >= 15 is 0 Å². The standard InChI is InChI=1S/C10H21N3O5/c1-6-16-9(14)17-7-18-12-13(15)11-8(2)10(3,4)5/h8H,6-7H2,1-5H3,(H,11,12). The summed E-state index contributed by atoms with van der Waals surface area (Å²) >= 11 is 0. The average Bonchev–Trinajstić information content (AvgIpc) is 2.23. The van der Waals surface area contributed by atoms with Gasteiger partial charge in [0.05, 0.1) is 11.6 Å². The second kappa shape index (κ2) is 7.70. The molecule has 106 valence electrons. The van der Waals surface area contributed by atoms with Gasteiger partial charge in [-0.2, -0.15) is 4.84 Å². The second-order valence-electron chi connectivity index (χ2n) is 4.61. The Kier molecular flexibility index (Phi) is 7.03. The van der Waals surface area contributed by atoms with Crippen molar-refractivity contribution in [2.45, 2.75) is 40.7 Å². The zero-order valence-corrected chi connectivity index (χ0v) is 11.4. The third-order valence-electron chi connectivity index (χ3n) is 2.17. The van der Waals surface area contributed by atoms with E-state index < -0.39 is 12.9 Å². The molecule has 0 aromatic heterocycles. The predicted molar refractivity (Wildman–Crippen MR) is 62.2 cm³/mol. The van der Waals surface area contributed by atoms with Crippen LogP contribution in [-0.4, -0.2) is 30.6 Å². The lowest BCUT2D eigenvalue weighted by molar-refractivity contribution is -0.651. The van der Waals surface area contributed by atoms with Crippen molar-refractivity contribution in [1.29, 1.82) is 0 Å². The molecular weight excluding hydrogens is 242 g/mol. The summed E-state index contributed by atoms with van der Waals surface area (Å²) in [6, 6.07) is -0.197. The zero-order valence-electron chi connectivity index (χ0n) is 11.4. The lowest BCUT2D eigenvalue weighted by atomic mass is 9.89. The highest BCUT2D eigenvalue weighted by Gasteiger charge is 2.22. The minimum Gasteiger partial charge on any atom is -0.570 e. The molecule has 0 spiro atoms. The van der Waals surface area contributed by atoms with Crippen molar-refractivity contribution in [2.24, 2.45) is 10.5 Å². The van der Waals surface area contributed by atoms with Crippen LogP contribution in [0, 0.1) is 10.6 Å². The molecule has 18 heavy (non-hydrogen) atoms. The summed E-state index contributed by atoms with van der Waals surface area (Å²) in [5.41, 5.74) is 1.83. The Hall–Kier alpha value is -1.57. The van der Waals surface area contributed by atoms with Crippen LogP contribution in [0.4, 0.5) is 4.79 Å². The molecule has 0 aromatic rings. The summed E-state index contributed by atoms with van der Waals surface area (Å²) in [6.07, 6.45) is -0.864. The Morgan fingerprint density at radius 3 is 2.56 bits per heavy atom. The van der Waals surface area contributed by atoms with E-state index in [4.69, 9.17) is 0 Å². The Labute approximate surface area is 106 Å². The van der Waals surface area contributed by atoms with Gasteiger partial charge in [-0.05, 0) is 24.9 Å². The molecule has 8 heteroatoms. The van der Waals surface area contributed by atoms with E-state index in [1.807, 2.05) is 33.3 Å². The molecule has 1 unspecified atom stereocenters. The molecule has 0 aromatic carbocycles. The highest BCUT2D eigenvalue weighted by Crippen LogP contribution is 2.21. The maximum absolute atomic E-state index is 11.2. The molecule has 1 N–H and O–H groups in total. The van der Waals surface area contributed by atoms with Crippen LogP contribution in [0.1, 0.15) is 34.6 Å². The first-order valence-electron chi connectivity index (χ1n) is 5.62. The third-order valence-corrected chi connectivity index (χ3v) is 2.17. The van der Waals surface area contributed by atoms with Gasteiger partial charge in [0.2, 0.25) is 6.79 Å². The number of nitrogens with one attached hydrogen (secondary N) is 1. The zero-order chi connectivity index (χ0) is 14.2. The van der Waals surface area contributed by atoms with Crippen molar-refractivity contribution in [3.8, 4) is 0 Å². The average molecular weight is 263 g/mol. The van der Waals surface area contributed by atoms with Gasteiger partial charge in [0.25, 0.3) is 0 Å². The molecule has 0 aliphatic carbocycles. The van der Waals surface area contributed by atoms with Crippen LogP contribution >= 0.6 is 0 Å². The number of hydrogen-bond acceptors (Lipinski definition) is 6. The predicted octanol–water partition coefficient (Wildman–Crippen LogP) is 1.95. The molecule has 0 fully saturated rings. The van der Waals surface area contributed by atoms with Gasteiger partial charge in [0, 0.05) is 5.11 Å². The number of rotatable bonds is 6. The molecule has 0 saturated carbocycles. The molecule has 0 rings (SSSR count). The van der Waals surface area contributed by atoms with Crippen LogP contribution in [0.15, 0.2) is 5.11 Å². The summed E-state index contributed by atoms with van der Waals surface area (Å²) in [7, 11) is 0. The van der Waals surface area contributed by atoms with Crippen molar-refractivity contribution in [1.82, 2.24) is 5.59 Å². The van der Waals surface area contributed by atoms with Gasteiger partial charge in [0.1, 0.15) is 6.04 Å². The van der Waals surface area contributed by atoms with Crippen molar-refractivity contribution in [2.75, 3.05) is 13.4 Å². The number of carbonyl (C=O) groups excluding carboxylic acids is 1. The number of hydrazine groups is 1. The lowest BCUT2D eigenvalue weighted by Gasteiger charge is -2.20. The Balaban J connectivity index is 3.87. The van der Waals surface area contributed by atoms with Crippen molar-refractivity contribution >= 4 is 6.16 Å². The highest BCUT2D eigenvalue weighted by molar-refractivity contribution is 5.59. The molecule has 0 bridgehead atoms. The fourth-order valence-corrected chi connectivity index (χ4v) is 0.673. The fourth-order valence-electron chi connectivity index (χ4n) is 0.673. The van der Waals surface area contributed by atoms with Crippen LogP contribution < -0.4 is 5.59 Å². The quantitative estimate of drug-likeness (QED) is 0.196. The lowest BCUT2D eigenvalue weighted by Crippen LogP contribution is -2.29. The van der Waals surface area contributed by atoms with E-state index in [0.29, 0.717) is 0 Å². The first-order valence-corrected chi connectivity index (χ1v) is 5.62. The highest BCUT2D eigenvalue weighted by atomic mass is 16.8. The Bertz CT molecular complexity index is 288. The molecule has 8 nitrogen and oxygen atoms in total. The summed E-state index contributed by atoms with van der Waals surface area (Å²) < 4.78 is 8.93. The van der Waals surface area contributed by atoms with Crippen LogP contribution in [0.2, 0.25) is 0 Å². The van der Waals surface area contributed by atoms with Gasteiger partial charge in [0.15, 0.2) is 0 Å². The first kappa shape index (κ1) is 16.4. The number of carbonyl (C=O) groups is 1. The molecule has 0 radical (unpaired) electrons. The van der Waals surface area contributed by atoms with E-state index in [-0.39, 0.29) is 23.0 Å². The molecular formula is C10H21N3O5. The van der Waals surface area contributed by atoms with E-state index in [2.05, 4.69) is 19.4 Å². The van der Waals surface area contributed by atoms with Gasteiger partial charge in [-0.3, -0.25) is 0 Å². The van der Waals surface area contributed by atoms with Crippen LogP contribution in [0.25, 0.3) is 0 Å². The number of hydrogen-bond donors (Lipinski definition) is 1. The van der Waals surface area contributed by atoms with Crippen LogP contribution in [0.5, 0.6) is 0 Å². The monoisotopic (exact) mass is 263 g/mol. The SMILES string of the molecule is CCOC(=O)OCON[N+]([O-])=NC(C)C(C)(C)C. The third kappa shape index (κ3) is 7.66. The maximum Gasteiger partial charge on any atom is 0.510 e. The minimum absolute atomic E-state index is 0.133. The van der Waals surface area contributed by atoms with Gasteiger partial charge in [-0.15, -0.1) is 0 Å². The maximum atomic E-state index is 11.2. The summed E-state index contributed by atoms with van der Waals surface area (Å²) in [4.78, 5) is 15.5. The topological polar surface area (TPSA) is 95.2 Å². The fraction of sp³-hybridized carbons (Fsp3) is 0.900. The largest absolute Gasteiger partial charge is 0.570 e. The van der Waals surface area contributed by atoms with Gasteiger partial charge in [-0.25, -0.2) is 4.79 Å². The van der Waals surface area contributed by atoms with Gasteiger partial charge < -0.3 is 14.7 Å². The summed E-state index contributed by atoms with van der Waals surface area (Å²) in [5.74, 6) is 0. The molecule has 0 heterocycles. The van der Waals surface area contributed by atoms with Crippen molar-refractivity contribution < 1.29 is 24.1 Å². The second-order valence-corrected chi connectivity index (χ2v) is 4.61. The normalized spacial score (nSPS) is 13.9. The van der Waals surface area contributed by atoms with E-state index in [9.17, 15) is 10.0 Å². The van der Waals surface area contributed by atoms with E-state index in [1.165, 1.54) is 0 Å². The number of nitrogens with zero attached hydrogens (tertiary/aromatic N) is 2. The molecule has 0 aliphatic rings. The van der Waals surface area contributed by atoms with Crippen LogP contribution in [0.3, 0.4) is 0 Å². The molecule has 0 aliphatic heterocycles. The first-order chi connectivity index (χ1) is 8.27. The summed E-state index contributed by atoms with van der Waals surface area (Å²) in [6.45, 7) is 9.09. The number of ether oxygens (including phenoxy) is 2. The Morgan fingerprint density at radius 1 is 1.44 bits per heavy atom. The van der Waals surface area contributed by atoms with E-state index in [1.54, 1.807) is 6.92 Å². The van der Waals surface area contributed by atoms with E-state index in [0.717, 1.165) is 0 Å². The molecule has 1 atom stereocenters. The van der Waals surface area contributed by atoms with Gasteiger partial charge in [-0.1, -0.05) is 20.8 Å². The smallest absolute Gasteiger partial charge is 0.510 e. The van der Waals surface area contributed by atoms with Crippen LogP contribution in [-0.2, 0) is 14.3 Å². The van der Waals surface area contributed by atoms with Crippen molar-refractivity contribution in [3.05, 3.63) is 5.21 Å². The molecule has 0 saturated heterocycles. The van der Waals surface area contributed by atoms with Gasteiger partial charge >= 0.3 is 6.16 Å². The minimum atomic E-state index is -0.864. The molecule has 0 amide bonds. The van der Waals surface area contributed by atoms with Crippen molar-refractivity contribution in [3.63, 3.8) is 0 Å². The Morgan fingerprint density at radius 2 is 2.06 bits per heavy atom.